The van der Waals surface area contributed by atoms with Crippen molar-refractivity contribution in [2.24, 2.45) is 11.8 Å². The molecule has 0 spiro atoms. The summed E-state index contributed by atoms with van der Waals surface area (Å²) in [4.78, 5) is 15.3. The number of hydrogen-bond donors (Lipinski definition) is 1. The Morgan fingerprint density at radius 1 is 1.11 bits per heavy atom. The molecule has 1 N–H and O–H groups in total. The fraction of sp³-hybridized carbons (Fsp3) is 0.458. The van der Waals surface area contributed by atoms with Gasteiger partial charge in [0.05, 0.1) is 6.04 Å². The van der Waals surface area contributed by atoms with Gasteiger partial charge in [-0.05, 0) is 61.5 Å². The summed E-state index contributed by atoms with van der Waals surface area (Å²) in [6.45, 7) is 7.21. The second-order valence-electron chi connectivity index (χ2n) is 8.28. The number of rotatable bonds is 7. The van der Waals surface area contributed by atoms with Crippen molar-refractivity contribution in [2.75, 3.05) is 13.1 Å². The molecule has 0 aliphatic carbocycles. The molecule has 28 heavy (non-hydrogen) atoms. The predicted octanol–water partition coefficient (Wildman–Crippen LogP) is 5.46. The first-order valence-corrected chi connectivity index (χ1v) is 10.7. The molecule has 0 aromatic heterocycles. The number of piperidine rings is 1. The number of carbonyl (C=O) groups is 1. The first-order chi connectivity index (χ1) is 13.5. The average molecular weight is 399 g/mol. The Labute approximate surface area is 174 Å². The molecule has 3 rings (SSSR count). The van der Waals surface area contributed by atoms with E-state index in [0.717, 1.165) is 43.9 Å². The molecule has 1 heterocycles. The number of carbonyl (C=O) groups excluding carboxylic acids is 1. The third-order valence-electron chi connectivity index (χ3n) is 5.48. The number of amides is 1. The molecule has 2 aromatic rings. The van der Waals surface area contributed by atoms with Gasteiger partial charge < -0.3 is 5.32 Å². The van der Waals surface area contributed by atoms with Gasteiger partial charge in [-0.15, -0.1) is 0 Å². The molecule has 0 bridgehead atoms. The number of hydrogen-bond acceptors (Lipinski definition) is 2. The highest BCUT2D eigenvalue weighted by Gasteiger charge is 2.27. The highest BCUT2D eigenvalue weighted by Crippen LogP contribution is 2.25. The van der Waals surface area contributed by atoms with Gasteiger partial charge in [-0.3, -0.25) is 9.69 Å². The normalized spacial score (nSPS) is 16.9. The molecule has 3 nitrogen and oxygen atoms in total. The lowest BCUT2D eigenvalue weighted by molar-refractivity contribution is -0.127. The molecule has 1 atom stereocenters. The smallest absolute Gasteiger partial charge is 0.223 e. The minimum atomic E-state index is 0.0955. The molecular weight excluding hydrogens is 368 g/mol. The van der Waals surface area contributed by atoms with Gasteiger partial charge in [-0.2, -0.15) is 0 Å². The van der Waals surface area contributed by atoms with Crippen molar-refractivity contribution < 1.29 is 4.79 Å². The zero-order valence-corrected chi connectivity index (χ0v) is 17.7. The Balaban J connectivity index is 1.53. The Bertz CT molecular complexity index is 754. The number of nitrogens with one attached hydrogen (secondary N) is 1. The Hall–Kier alpha value is -1.84. The Kier molecular flexibility index (Phi) is 7.52. The molecule has 2 aromatic carbocycles. The summed E-state index contributed by atoms with van der Waals surface area (Å²) < 4.78 is 0. The lowest BCUT2D eigenvalue weighted by Gasteiger charge is -2.32. The summed E-state index contributed by atoms with van der Waals surface area (Å²) in [5.74, 6) is 0.843. The summed E-state index contributed by atoms with van der Waals surface area (Å²) in [7, 11) is 0. The van der Waals surface area contributed by atoms with E-state index in [2.05, 4.69) is 42.3 Å². The topological polar surface area (TPSA) is 32.3 Å². The summed E-state index contributed by atoms with van der Waals surface area (Å²) >= 11 is 6.09. The van der Waals surface area contributed by atoms with Crippen molar-refractivity contribution in [1.82, 2.24) is 10.2 Å². The first kappa shape index (κ1) is 20.9. The maximum atomic E-state index is 12.9. The fourth-order valence-corrected chi connectivity index (χ4v) is 4.18. The summed E-state index contributed by atoms with van der Waals surface area (Å²) in [6.07, 6.45) is 2.79. The Morgan fingerprint density at radius 3 is 2.46 bits per heavy atom. The van der Waals surface area contributed by atoms with Crippen molar-refractivity contribution in [3.63, 3.8) is 0 Å². The van der Waals surface area contributed by atoms with Crippen LogP contribution in [0.3, 0.4) is 0 Å². The van der Waals surface area contributed by atoms with Crippen molar-refractivity contribution in [2.45, 2.75) is 45.7 Å². The second-order valence-corrected chi connectivity index (χ2v) is 8.72. The molecule has 1 aliphatic heterocycles. The van der Waals surface area contributed by atoms with E-state index in [-0.39, 0.29) is 17.9 Å². The van der Waals surface area contributed by atoms with Crippen LogP contribution in [0.25, 0.3) is 0 Å². The lowest BCUT2D eigenvalue weighted by Crippen LogP contribution is -2.41. The molecule has 1 aliphatic rings. The minimum Gasteiger partial charge on any atom is -0.349 e. The van der Waals surface area contributed by atoms with Crippen LogP contribution in [-0.2, 0) is 11.3 Å². The molecule has 1 saturated heterocycles. The van der Waals surface area contributed by atoms with Crippen LogP contribution in [0, 0.1) is 11.8 Å². The molecule has 0 saturated carbocycles. The van der Waals surface area contributed by atoms with Crippen LogP contribution >= 0.6 is 11.6 Å². The van der Waals surface area contributed by atoms with Gasteiger partial charge in [-0.1, -0.05) is 67.9 Å². The van der Waals surface area contributed by atoms with Gasteiger partial charge in [0.15, 0.2) is 0 Å². The van der Waals surface area contributed by atoms with Crippen LogP contribution in [0.1, 0.15) is 50.3 Å². The maximum absolute atomic E-state index is 12.9. The number of halogens is 1. The zero-order chi connectivity index (χ0) is 19.9. The SMILES string of the molecule is CC(C)C[C@H](NC(=O)C1CCN(Cc2cccc(Cl)c2)CC1)c1ccccc1. The molecule has 4 heteroatoms. The van der Waals surface area contributed by atoms with E-state index in [1.807, 2.05) is 36.4 Å². The van der Waals surface area contributed by atoms with Gasteiger partial charge in [-0.25, -0.2) is 0 Å². The van der Waals surface area contributed by atoms with Crippen molar-refractivity contribution >= 4 is 17.5 Å². The summed E-state index contributed by atoms with van der Waals surface area (Å²) in [5, 5.41) is 4.11. The largest absolute Gasteiger partial charge is 0.349 e. The highest BCUT2D eigenvalue weighted by molar-refractivity contribution is 6.30. The van der Waals surface area contributed by atoms with E-state index in [1.165, 1.54) is 11.1 Å². The van der Waals surface area contributed by atoms with Gasteiger partial charge in [0, 0.05) is 17.5 Å². The van der Waals surface area contributed by atoms with E-state index in [4.69, 9.17) is 11.6 Å². The third kappa shape index (κ3) is 6.08. The van der Waals surface area contributed by atoms with Gasteiger partial charge in [0.25, 0.3) is 0 Å². The van der Waals surface area contributed by atoms with Crippen LogP contribution in [0.5, 0.6) is 0 Å². The van der Waals surface area contributed by atoms with Crippen LogP contribution in [0.2, 0.25) is 5.02 Å². The highest BCUT2D eigenvalue weighted by atomic mass is 35.5. The third-order valence-corrected chi connectivity index (χ3v) is 5.71. The van der Waals surface area contributed by atoms with Crippen molar-refractivity contribution in [3.05, 3.63) is 70.7 Å². The quantitative estimate of drug-likeness (QED) is 0.672. The second kappa shape index (κ2) is 10.1. The number of benzene rings is 2. The minimum absolute atomic E-state index is 0.0955. The van der Waals surface area contributed by atoms with E-state index in [0.29, 0.717) is 5.92 Å². The van der Waals surface area contributed by atoms with Gasteiger partial charge >= 0.3 is 0 Å². The van der Waals surface area contributed by atoms with Gasteiger partial charge in [0.1, 0.15) is 0 Å². The first-order valence-electron chi connectivity index (χ1n) is 10.3. The molecule has 0 radical (unpaired) electrons. The average Bonchev–Trinajstić information content (AvgIpc) is 2.68. The van der Waals surface area contributed by atoms with Crippen LogP contribution in [0.4, 0.5) is 0 Å². The van der Waals surface area contributed by atoms with E-state index < -0.39 is 0 Å². The molecule has 1 fully saturated rings. The number of nitrogens with zero attached hydrogens (tertiary/aromatic N) is 1. The Morgan fingerprint density at radius 2 is 1.82 bits per heavy atom. The van der Waals surface area contributed by atoms with Crippen molar-refractivity contribution in [3.8, 4) is 0 Å². The zero-order valence-electron chi connectivity index (χ0n) is 16.9. The summed E-state index contributed by atoms with van der Waals surface area (Å²) in [5.41, 5.74) is 2.43. The van der Waals surface area contributed by atoms with Crippen LogP contribution in [0.15, 0.2) is 54.6 Å². The number of likely N-dealkylation sites (tertiary alicyclic amines) is 1. The molecule has 0 unspecified atom stereocenters. The van der Waals surface area contributed by atoms with E-state index in [1.54, 1.807) is 0 Å². The standard InChI is InChI=1S/C24H31ClN2O/c1-18(2)15-23(20-8-4-3-5-9-20)26-24(28)21-11-13-27(14-12-21)17-19-7-6-10-22(25)16-19/h3-10,16,18,21,23H,11-15,17H2,1-2H3,(H,26,28)/t23-/m0/s1. The summed E-state index contributed by atoms with van der Waals surface area (Å²) in [6, 6.07) is 18.5. The lowest BCUT2D eigenvalue weighted by atomic mass is 9.93. The van der Waals surface area contributed by atoms with Crippen molar-refractivity contribution in [1.29, 1.82) is 0 Å². The van der Waals surface area contributed by atoms with Gasteiger partial charge in [0.2, 0.25) is 5.91 Å². The fourth-order valence-electron chi connectivity index (χ4n) is 3.97. The molecular formula is C24H31ClN2O. The predicted molar refractivity (Wildman–Crippen MR) is 116 cm³/mol. The van der Waals surface area contributed by atoms with E-state index in [9.17, 15) is 4.79 Å². The maximum Gasteiger partial charge on any atom is 0.223 e. The van der Waals surface area contributed by atoms with E-state index >= 15 is 0 Å². The van der Waals surface area contributed by atoms with Crippen LogP contribution in [-0.4, -0.2) is 23.9 Å². The molecule has 150 valence electrons. The monoisotopic (exact) mass is 398 g/mol. The van der Waals surface area contributed by atoms with Crippen LogP contribution < -0.4 is 5.32 Å². The molecule has 1 amide bonds.